The lowest BCUT2D eigenvalue weighted by molar-refractivity contribution is 0.331. The Hall–Kier alpha value is -1.15. The van der Waals surface area contributed by atoms with Crippen molar-refractivity contribution in [1.82, 2.24) is 0 Å². The summed E-state index contributed by atoms with van der Waals surface area (Å²) in [5.41, 5.74) is 1.53. The van der Waals surface area contributed by atoms with E-state index in [1.54, 1.807) is 18.2 Å². The van der Waals surface area contributed by atoms with E-state index < -0.39 is 0 Å². The van der Waals surface area contributed by atoms with Gasteiger partial charge in [-0.05, 0) is 25.0 Å². The van der Waals surface area contributed by atoms with Gasteiger partial charge in [-0.2, -0.15) is 0 Å². The second-order valence-corrected chi connectivity index (χ2v) is 3.00. The largest absolute Gasteiger partial charge is 0.392 e. The Kier molecular flexibility index (Phi) is 3.65. The van der Waals surface area contributed by atoms with Crippen LogP contribution in [-0.2, 0) is 6.42 Å². The molecule has 0 bridgehead atoms. The lowest BCUT2D eigenvalue weighted by Crippen LogP contribution is -1.90. The third kappa shape index (κ3) is 2.99. The van der Waals surface area contributed by atoms with Gasteiger partial charge in [0.25, 0.3) is 0 Å². The van der Waals surface area contributed by atoms with Crippen LogP contribution in [0.2, 0.25) is 0 Å². The minimum absolute atomic E-state index is 0.0362. The average molecular weight is 180 g/mol. The first-order valence-corrected chi connectivity index (χ1v) is 4.24. The van der Waals surface area contributed by atoms with Gasteiger partial charge in [0.05, 0.1) is 6.61 Å². The van der Waals surface area contributed by atoms with Crippen LogP contribution in [0.5, 0.6) is 0 Å². The second kappa shape index (κ2) is 4.77. The lowest BCUT2D eigenvalue weighted by atomic mass is 10.1. The number of hydrogen-bond donors (Lipinski definition) is 1. The Labute approximate surface area is 77.5 Å². The van der Waals surface area contributed by atoms with Crippen LogP contribution >= 0.6 is 0 Å². The van der Waals surface area contributed by atoms with E-state index in [1.807, 2.05) is 13.0 Å². The van der Waals surface area contributed by atoms with E-state index in [2.05, 4.69) is 0 Å². The minimum atomic E-state index is -0.190. The van der Waals surface area contributed by atoms with Crippen LogP contribution in [0.15, 0.2) is 35.9 Å². The summed E-state index contributed by atoms with van der Waals surface area (Å²) in [5.74, 6) is -0.190. The fraction of sp³-hybridized carbons (Fsp3) is 0.273. The smallest absolute Gasteiger partial charge is 0.126 e. The molecule has 0 unspecified atom stereocenters. The molecule has 0 spiro atoms. The molecule has 1 aromatic carbocycles. The Morgan fingerprint density at radius 1 is 1.46 bits per heavy atom. The Balaban J connectivity index is 2.70. The van der Waals surface area contributed by atoms with Crippen LogP contribution in [0, 0.1) is 5.82 Å². The number of halogens is 1. The van der Waals surface area contributed by atoms with Crippen molar-refractivity contribution >= 4 is 0 Å². The van der Waals surface area contributed by atoms with Crippen molar-refractivity contribution in [2.45, 2.75) is 13.3 Å². The molecule has 13 heavy (non-hydrogen) atoms. The molecule has 0 amide bonds. The summed E-state index contributed by atoms with van der Waals surface area (Å²) in [7, 11) is 0. The van der Waals surface area contributed by atoms with E-state index >= 15 is 0 Å². The van der Waals surface area contributed by atoms with Crippen LogP contribution in [0.3, 0.4) is 0 Å². The highest BCUT2D eigenvalue weighted by atomic mass is 19.1. The highest BCUT2D eigenvalue weighted by Crippen LogP contribution is 2.08. The van der Waals surface area contributed by atoms with Gasteiger partial charge in [-0.1, -0.05) is 29.8 Å². The van der Waals surface area contributed by atoms with E-state index in [0.29, 0.717) is 12.0 Å². The summed E-state index contributed by atoms with van der Waals surface area (Å²) < 4.78 is 13.1. The summed E-state index contributed by atoms with van der Waals surface area (Å²) in [6.45, 7) is 1.86. The molecule has 0 heterocycles. The van der Waals surface area contributed by atoms with Crippen LogP contribution in [0.25, 0.3) is 0 Å². The van der Waals surface area contributed by atoms with Crippen molar-refractivity contribution in [2.75, 3.05) is 6.61 Å². The summed E-state index contributed by atoms with van der Waals surface area (Å²) >= 11 is 0. The minimum Gasteiger partial charge on any atom is -0.392 e. The maximum absolute atomic E-state index is 13.1. The van der Waals surface area contributed by atoms with Gasteiger partial charge in [0, 0.05) is 0 Å². The van der Waals surface area contributed by atoms with E-state index in [0.717, 1.165) is 5.57 Å². The molecule has 0 atom stereocenters. The normalized spacial score (nSPS) is 11.8. The number of aliphatic hydroxyl groups is 1. The molecule has 0 aliphatic carbocycles. The average Bonchev–Trinajstić information content (AvgIpc) is 2.16. The zero-order chi connectivity index (χ0) is 9.68. The van der Waals surface area contributed by atoms with Gasteiger partial charge in [0.15, 0.2) is 0 Å². The van der Waals surface area contributed by atoms with Gasteiger partial charge in [-0.15, -0.1) is 0 Å². The SMILES string of the molecule is C/C(=C\Cc1ccccc1F)CO. The number of allylic oxidation sites excluding steroid dienone is 1. The van der Waals surface area contributed by atoms with E-state index in [-0.39, 0.29) is 12.4 Å². The highest BCUT2D eigenvalue weighted by Gasteiger charge is 1.97. The summed E-state index contributed by atoms with van der Waals surface area (Å²) in [5, 5.41) is 8.72. The monoisotopic (exact) mass is 180 g/mol. The maximum atomic E-state index is 13.1. The molecule has 1 aromatic rings. The molecule has 0 fully saturated rings. The number of rotatable bonds is 3. The quantitative estimate of drug-likeness (QED) is 0.708. The molecule has 0 aliphatic heterocycles. The predicted molar refractivity (Wildman–Crippen MR) is 50.9 cm³/mol. The molecule has 1 nitrogen and oxygen atoms in total. The topological polar surface area (TPSA) is 20.2 Å². The van der Waals surface area contributed by atoms with Crippen molar-refractivity contribution in [3.05, 3.63) is 47.3 Å². The van der Waals surface area contributed by atoms with Crippen molar-refractivity contribution in [3.63, 3.8) is 0 Å². The molecular weight excluding hydrogens is 167 g/mol. The number of aliphatic hydroxyl groups excluding tert-OH is 1. The molecule has 1 N–H and O–H groups in total. The maximum Gasteiger partial charge on any atom is 0.126 e. The van der Waals surface area contributed by atoms with Crippen LogP contribution in [0.4, 0.5) is 4.39 Å². The third-order valence-electron chi connectivity index (χ3n) is 1.88. The number of benzene rings is 1. The fourth-order valence-corrected chi connectivity index (χ4v) is 1.01. The Morgan fingerprint density at radius 2 is 2.15 bits per heavy atom. The molecule has 0 aromatic heterocycles. The molecule has 0 saturated carbocycles. The zero-order valence-corrected chi connectivity index (χ0v) is 7.63. The van der Waals surface area contributed by atoms with Crippen molar-refractivity contribution in [1.29, 1.82) is 0 Å². The molecule has 0 radical (unpaired) electrons. The molecule has 1 rings (SSSR count). The van der Waals surface area contributed by atoms with Gasteiger partial charge >= 0.3 is 0 Å². The summed E-state index contributed by atoms with van der Waals surface area (Å²) in [4.78, 5) is 0. The van der Waals surface area contributed by atoms with Gasteiger partial charge in [-0.3, -0.25) is 0 Å². The highest BCUT2D eigenvalue weighted by molar-refractivity contribution is 5.20. The molecule has 0 aliphatic rings. The van der Waals surface area contributed by atoms with Gasteiger partial charge < -0.3 is 5.11 Å². The zero-order valence-electron chi connectivity index (χ0n) is 7.63. The Bertz CT molecular complexity index is 305. The summed E-state index contributed by atoms with van der Waals surface area (Å²) in [6.07, 6.45) is 2.37. The third-order valence-corrected chi connectivity index (χ3v) is 1.88. The standard InChI is InChI=1S/C11H13FO/c1-9(8-13)6-7-10-4-2-3-5-11(10)12/h2-6,13H,7-8H2,1H3/b9-6+. The first kappa shape index (κ1) is 9.93. The van der Waals surface area contributed by atoms with E-state index in [1.165, 1.54) is 6.07 Å². The van der Waals surface area contributed by atoms with Crippen molar-refractivity contribution in [3.8, 4) is 0 Å². The first-order valence-electron chi connectivity index (χ1n) is 4.24. The summed E-state index contributed by atoms with van der Waals surface area (Å²) in [6, 6.07) is 6.66. The molecule has 0 saturated heterocycles. The van der Waals surface area contributed by atoms with Crippen LogP contribution in [0.1, 0.15) is 12.5 Å². The van der Waals surface area contributed by atoms with Gasteiger partial charge in [0.2, 0.25) is 0 Å². The Morgan fingerprint density at radius 3 is 2.77 bits per heavy atom. The van der Waals surface area contributed by atoms with E-state index in [9.17, 15) is 4.39 Å². The van der Waals surface area contributed by atoms with Crippen LogP contribution < -0.4 is 0 Å². The predicted octanol–water partition coefficient (Wildman–Crippen LogP) is 2.31. The van der Waals surface area contributed by atoms with Gasteiger partial charge in [0.1, 0.15) is 5.82 Å². The van der Waals surface area contributed by atoms with Crippen LogP contribution in [-0.4, -0.2) is 11.7 Å². The lowest BCUT2D eigenvalue weighted by Gasteiger charge is -1.99. The van der Waals surface area contributed by atoms with Crippen molar-refractivity contribution < 1.29 is 9.50 Å². The fourth-order valence-electron chi connectivity index (χ4n) is 1.01. The van der Waals surface area contributed by atoms with Crippen molar-refractivity contribution in [2.24, 2.45) is 0 Å². The molecular formula is C11H13FO. The second-order valence-electron chi connectivity index (χ2n) is 3.00. The number of hydrogen-bond acceptors (Lipinski definition) is 1. The molecule has 70 valence electrons. The van der Waals surface area contributed by atoms with E-state index in [4.69, 9.17) is 5.11 Å². The van der Waals surface area contributed by atoms with Gasteiger partial charge in [-0.25, -0.2) is 4.39 Å². The first-order chi connectivity index (χ1) is 6.24. The molecule has 2 heteroatoms.